The Balaban J connectivity index is 2.18. The van der Waals surface area contributed by atoms with Crippen LogP contribution in [-0.2, 0) is 17.6 Å². The van der Waals surface area contributed by atoms with Gasteiger partial charge in [-0.2, -0.15) is 5.26 Å². The molecule has 0 bridgehead atoms. The highest BCUT2D eigenvalue weighted by atomic mass is 32.2. The fourth-order valence-corrected chi connectivity index (χ4v) is 3.67. The minimum absolute atomic E-state index is 0.0949. The topological polar surface area (TPSA) is 53.8 Å². The summed E-state index contributed by atoms with van der Waals surface area (Å²) < 4.78 is 0. The Hall–Kier alpha value is -2.12. The molecular formula is C18H16N2OS. The van der Waals surface area contributed by atoms with Crippen molar-refractivity contribution in [3.8, 4) is 17.2 Å². The van der Waals surface area contributed by atoms with E-state index < -0.39 is 0 Å². The Kier molecular flexibility index (Phi) is 4.26. The van der Waals surface area contributed by atoms with Gasteiger partial charge in [-0.15, -0.1) is 0 Å². The van der Waals surface area contributed by atoms with Crippen molar-refractivity contribution in [2.75, 3.05) is 5.75 Å². The predicted octanol–water partition coefficient (Wildman–Crippen LogP) is 3.79. The molecule has 0 amide bonds. The van der Waals surface area contributed by atoms with E-state index in [1.54, 1.807) is 6.92 Å². The van der Waals surface area contributed by atoms with E-state index in [1.807, 2.05) is 30.3 Å². The molecule has 0 atom stereocenters. The highest BCUT2D eigenvalue weighted by Crippen LogP contribution is 2.38. The second-order valence-corrected chi connectivity index (χ2v) is 6.38. The first kappa shape index (κ1) is 14.8. The molecule has 3 rings (SSSR count). The summed E-state index contributed by atoms with van der Waals surface area (Å²) in [5.74, 6) is 0.451. The lowest BCUT2D eigenvalue weighted by atomic mass is 9.95. The highest BCUT2D eigenvalue weighted by Gasteiger charge is 2.24. The maximum atomic E-state index is 11.3. The predicted molar refractivity (Wildman–Crippen MR) is 87.8 cm³/mol. The van der Waals surface area contributed by atoms with E-state index >= 15 is 0 Å². The summed E-state index contributed by atoms with van der Waals surface area (Å²) in [6.07, 6.45) is 3.00. The number of hydrogen-bond acceptors (Lipinski definition) is 4. The Bertz CT molecular complexity index is 763. The van der Waals surface area contributed by atoms with Crippen LogP contribution in [0.25, 0.3) is 11.1 Å². The minimum Gasteiger partial charge on any atom is -0.299 e. The van der Waals surface area contributed by atoms with Crippen LogP contribution in [0.5, 0.6) is 0 Å². The van der Waals surface area contributed by atoms with Crippen molar-refractivity contribution in [1.82, 2.24) is 4.98 Å². The number of aromatic nitrogens is 1. The second-order valence-electron chi connectivity index (χ2n) is 5.41. The fourth-order valence-electron chi connectivity index (χ4n) is 2.86. The van der Waals surface area contributed by atoms with Gasteiger partial charge in [-0.05, 0) is 37.3 Å². The highest BCUT2D eigenvalue weighted by molar-refractivity contribution is 8.00. The number of nitrogens with zero attached hydrogens (tertiary/aromatic N) is 2. The van der Waals surface area contributed by atoms with Gasteiger partial charge in [0.25, 0.3) is 0 Å². The molecule has 0 unspecified atom stereocenters. The van der Waals surface area contributed by atoms with Crippen LogP contribution in [0.1, 0.15) is 30.2 Å². The number of Topliss-reactive ketones (excluding diaryl/α,β-unsaturated/α-hetero) is 1. The lowest BCUT2D eigenvalue weighted by molar-refractivity contribution is -0.114. The van der Waals surface area contributed by atoms with E-state index in [9.17, 15) is 10.1 Å². The molecule has 4 heteroatoms. The van der Waals surface area contributed by atoms with Crippen LogP contribution in [0.3, 0.4) is 0 Å². The third kappa shape index (κ3) is 2.77. The van der Waals surface area contributed by atoms with Crippen LogP contribution in [0.2, 0.25) is 0 Å². The van der Waals surface area contributed by atoms with Crippen molar-refractivity contribution in [3.63, 3.8) is 0 Å². The van der Waals surface area contributed by atoms with Gasteiger partial charge in [0.1, 0.15) is 16.9 Å². The van der Waals surface area contributed by atoms with Gasteiger partial charge in [-0.1, -0.05) is 42.1 Å². The van der Waals surface area contributed by atoms with Crippen LogP contribution in [0.15, 0.2) is 35.4 Å². The molecule has 1 aliphatic carbocycles. The van der Waals surface area contributed by atoms with Gasteiger partial charge in [-0.25, -0.2) is 4.98 Å². The smallest absolute Gasteiger partial charge is 0.140 e. The second kappa shape index (κ2) is 6.33. The Labute approximate surface area is 134 Å². The molecule has 3 nitrogen and oxygen atoms in total. The van der Waals surface area contributed by atoms with E-state index in [0.717, 1.165) is 36.1 Å². The quantitative estimate of drug-likeness (QED) is 0.806. The van der Waals surface area contributed by atoms with Gasteiger partial charge in [0.05, 0.1) is 11.3 Å². The van der Waals surface area contributed by atoms with Crippen LogP contribution in [0, 0.1) is 11.3 Å². The number of hydrogen-bond donors (Lipinski definition) is 0. The Morgan fingerprint density at radius 3 is 2.77 bits per heavy atom. The van der Waals surface area contributed by atoms with Gasteiger partial charge in [0.15, 0.2) is 0 Å². The maximum absolute atomic E-state index is 11.3. The first-order chi connectivity index (χ1) is 10.7. The van der Waals surface area contributed by atoms with Gasteiger partial charge in [0.2, 0.25) is 0 Å². The monoisotopic (exact) mass is 308 g/mol. The molecule has 1 aliphatic rings. The Morgan fingerprint density at radius 1 is 1.32 bits per heavy atom. The molecule has 1 aromatic heterocycles. The summed E-state index contributed by atoms with van der Waals surface area (Å²) >= 11 is 1.37. The molecular weight excluding hydrogens is 292 g/mol. The lowest BCUT2D eigenvalue weighted by Crippen LogP contribution is -2.02. The molecule has 0 saturated heterocycles. The summed E-state index contributed by atoms with van der Waals surface area (Å²) in [4.78, 5) is 15.9. The maximum Gasteiger partial charge on any atom is 0.140 e. The third-order valence-corrected chi connectivity index (χ3v) is 4.90. The number of carbonyl (C=O) groups is 1. The van der Waals surface area contributed by atoms with Crippen molar-refractivity contribution in [3.05, 3.63) is 47.2 Å². The van der Waals surface area contributed by atoms with E-state index in [2.05, 4.69) is 11.1 Å². The summed E-state index contributed by atoms with van der Waals surface area (Å²) in [5, 5.41) is 10.4. The Morgan fingerprint density at radius 2 is 2.09 bits per heavy atom. The number of carbonyl (C=O) groups excluding carboxylic acids is 1. The zero-order valence-electron chi connectivity index (χ0n) is 12.4. The molecule has 0 spiro atoms. The molecule has 110 valence electrons. The van der Waals surface area contributed by atoms with Gasteiger partial charge >= 0.3 is 0 Å². The zero-order chi connectivity index (χ0) is 15.5. The first-order valence-electron chi connectivity index (χ1n) is 7.34. The van der Waals surface area contributed by atoms with E-state index in [4.69, 9.17) is 0 Å². The number of pyridine rings is 1. The molecule has 1 heterocycles. The van der Waals surface area contributed by atoms with E-state index in [0.29, 0.717) is 16.3 Å². The molecule has 0 aliphatic heterocycles. The fraction of sp³-hybridized carbons (Fsp3) is 0.278. The summed E-state index contributed by atoms with van der Waals surface area (Å²) in [5.41, 5.74) is 4.97. The van der Waals surface area contributed by atoms with Crippen molar-refractivity contribution >= 4 is 17.5 Å². The molecule has 22 heavy (non-hydrogen) atoms. The van der Waals surface area contributed by atoms with Crippen LogP contribution in [-0.4, -0.2) is 16.5 Å². The number of nitriles is 1. The first-order valence-corrected chi connectivity index (χ1v) is 8.32. The third-order valence-electron chi connectivity index (χ3n) is 3.78. The molecule has 0 N–H and O–H groups in total. The van der Waals surface area contributed by atoms with Gasteiger partial charge in [0, 0.05) is 11.3 Å². The number of ketones is 1. The van der Waals surface area contributed by atoms with Crippen LogP contribution in [0.4, 0.5) is 0 Å². The van der Waals surface area contributed by atoms with Crippen molar-refractivity contribution < 1.29 is 4.79 Å². The molecule has 0 fully saturated rings. The van der Waals surface area contributed by atoms with Crippen molar-refractivity contribution in [2.45, 2.75) is 31.2 Å². The molecule has 1 aromatic carbocycles. The van der Waals surface area contributed by atoms with E-state index in [1.165, 1.54) is 17.3 Å². The molecule has 0 saturated carbocycles. The van der Waals surface area contributed by atoms with Crippen LogP contribution >= 0.6 is 11.8 Å². The van der Waals surface area contributed by atoms with E-state index in [-0.39, 0.29) is 5.78 Å². The number of rotatable bonds is 4. The molecule has 0 radical (unpaired) electrons. The average molecular weight is 308 g/mol. The standard InChI is InChI=1S/C18H16N2OS/c1-12(21)11-22-18-15(10-19)17(13-6-3-2-4-7-13)14-8-5-9-16(14)20-18/h2-4,6-7H,5,8-9,11H2,1H3. The van der Waals surface area contributed by atoms with Crippen LogP contribution < -0.4 is 0 Å². The van der Waals surface area contributed by atoms with Gasteiger partial charge in [-0.3, -0.25) is 4.79 Å². The van der Waals surface area contributed by atoms with Crippen molar-refractivity contribution in [1.29, 1.82) is 5.26 Å². The summed E-state index contributed by atoms with van der Waals surface area (Å²) in [6, 6.07) is 12.3. The largest absolute Gasteiger partial charge is 0.299 e. The minimum atomic E-state index is 0.0949. The number of benzene rings is 1. The summed E-state index contributed by atoms with van der Waals surface area (Å²) in [6.45, 7) is 1.56. The molecule has 2 aromatic rings. The number of aryl methyl sites for hydroxylation is 1. The summed E-state index contributed by atoms with van der Waals surface area (Å²) in [7, 11) is 0. The van der Waals surface area contributed by atoms with Crippen molar-refractivity contribution in [2.24, 2.45) is 0 Å². The zero-order valence-corrected chi connectivity index (χ0v) is 13.2. The number of thioether (sulfide) groups is 1. The van der Waals surface area contributed by atoms with Gasteiger partial charge < -0.3 is 0 Å². The lowest BCUT2D eigenvalue weighted by Gasteiger charge is -2.14. The average Bonchev–Trinajstić information content (AvgIpc) is 3.00. The normalized spacial score (nSPS) is 12.7. The SMILES string of the molecule is CC(=O)CSc1nc2c(c(-c3ccccc3)c1C#N)CCC2. The number of fused-ring (bicyclic) bond motifs is 1.